The van der Waals surface area contributed by atoms with Crippen LogP contribution in [-0.4, -0.2) is 39.7 Å². The number of amides is 1. The average molecular weight is 513 g/mol. The first-order chi connectivity index (χ1) is 17.8. The molecule has 6 nitrogen and oxygen atoms in total. The molecule has 2 heterocycles. The Morgan fingerprint density at radius 2 is 1.78 bits per heavy atom. The van der Waals surface area contributed by atoms with Crippen molar-refractivity contribution in [3.05, 3.63) is 59.2 Å². The Morgan fingerprint density at radius 1 is 1.03 bits per heavy atom. The number of aldehydes is 1. The molecule has 0 radical (unpaired) electrons. The van der Waals surface area contributed by atoms with Gasteiger partial charge in [-0.1, -0.05) is 18.6 Å². The molecule has 2 aromatic carbocycles. The van der Waals surface area contributed by atoms with Gasteiger partial charge in [0.25, 0.3) is 5.91 Å². The summed E-state index contributed by atoms with van der Waals surface area (Å²) in [6.07, 6.45) is 3.17. The molecule has 1 N–H and O–H groups in total. The number of alkyl halides is 3. The molecule has 1 aromatic heterocycles. The van der Waals surface area contributed by atoms with Crippen molar-refractivity contribution in [2.75, 3.05) is 18.4 Å². The van der Waals surface area contributed by atoms with Gasteiger partial charge in [0.05, 0.1) is 16.6 Å². The number of carbonyl (C=O) groups excluding carboxylic acids is 2. The molecule has 1 aliphatic heterocycles. The molecule has 2 aliphatic rings. The van der Waals surface area contributed by atoms with E-state index in [4.69, 9.17) is 0 Å². The monoisotopic (exact) mass is 512 g/mol. The van der Waals surface area contributed by atoms with E-state index in [0.29, 0.717) is 5.95 Å². The van der Waals surface area contributed by atoms with Gasteiger partial charge in [-0.3, -0.25) is 15.0 Å². The molecular formula is C28H31F3N4O2. The second-order valence-corrected chi connectivity index (χ2v) is 10.2. The summed E-state index contributed by atoms with van der Waals surface area (Å²) >= 11 is 0. The number of nitrogens with one attached hydrogen (secondary N) is 1. The minimum Gasteiger partial charge on any atom is -0.307 e. The third-order valence-electron chi connectivity index (χ3n) is 7.59. The van der Waals surface area contributed by atoms with Crippen LogP contribution in [0, 0.1) is 5.92 Å². The van der Waals surface area contributed by atoms with Gasteiger partial charge in [-0.2, -0.15) is 13.2 Å². The van der Waals surface area contributed by atoms with Crippen molar-refractivity contribution in [1.82, 2.24) is 14.5 Å². The van der Waals surface area contributed by atoms with E-state index in [1.807, 2.05) is 10.6 Å². The number of carbonyl (C=O) groups is 2. The van der Waals surface area contributed by atoms with Crippen molar-refractivity contribution in [3.63, 3.8) is 0 Å². The fourth-order valence-corrected chi connectivity index (χ4v) is 5.58. The summed E-state index contributed by atoms with van der Waals surface area (Å²) in [5.41, 5.74) is 1.82. The van der Waals surface area contributed by atoms with Crippen molar-refractivity contribution in [1.29, 1.82) is 0 Å². The number of piperidine rings is 1. The molecule has 0 unspecified atom stereocenters. The Hall–Kier alpha value is -3.20. The molecule has 1 amide bonds. The highest BCUT2D eigenvalue weighted by atomic mass is 19.4. The number of rotatable bonds is 6. The first-order valence-electron chi connectivity index (χ1n) is 13.0. The molecule has 196 valence electrons. The zero-order chi connectivity index (χ0) is 26.0. The van der Waals surface area contributed by atoms with Crippen LogP contribution < -0.4 is 5.32 Å². The maximum Gasteiger partial charge on any atom is 0.416 e. The largest absolute Gasteiger partial charge is 0.416 e. The summed E-state index contributed by atoms with van der Waals surface area (Å²) in [5, 5.41) is 2.78. The van der Waals surface area contributed by atoms with E-state index < -0.39 is 17.6 Å². The van der Waals surface area contributed by atoms with Crippen LogP contribution in [0.25, 0.3) is 11.0 Å². The Labute approximate surface area is 213 Å². The SMILES string of the molecule is O=CC1CCC(n2c(NC(=O)c3cccc(C(F)(F)F)c3)nc3ccc(CN4CCCCC4)cc32)CC1. The molecule has 0 atom stereocenters. The number of benzene rings is 2. The van der Waals surface area contributed by atoms with Crippen LogP contribution in [0.1, 0.15) is 72.5 Å². The number of hydrogen-bond acceptors (Lipinski definition) is 4. The van der Waals surface area contributed by atoms with E-state index in [1.165, 1.54) is 31.4 Å². The first-order valence-corrected chi connectivity index (χ1v) is 13.0. The number of nitrogens with zero attached hydrogens (tertiary/aromatic N) is 3. The normalized spacial score (nSPS) is 21.2. The molecule has 5 rings (SSSR count). The smallest absolute Gasteiger partial charge is 0.307 e. The van der Waals surface area contributed by atoms with Gasteiger partial charge in [0, 0.05) is 24.1 Å². The Balaban J connectivity index is 1.47. The van der Waals surface area contributed by atoms with Gasteiger partial charge in [0.2, 0.25) is 5.95 Å². The molecule has 0 spiro atoms. The zero-order valence-electron chi connectivity index (χ0n) is 20.6. The molecule has 1 aliphatic carbocycles. The minimum absolute atomic E-state index is 0.0308. The van der Waals surface area contributed by atoms with E-state index in [2.05, 4.69) is 27.3 Å². The predicted molar refractivity (Wildman–Crippen MR) is 135 cm³/mol. The maximum atomic E-state index is 13.2. The average Bonchev–Trinajstić information content (AvgIpc) is 3.26. The Kier molecular flexibility index (Phi) is 7.33. The minimum atomic E-state index is -4.54. The number of hydrogen-bond donors (Lipinski definition) is 1. The number of halogens is 3. The third-order valence-corrected chi connectivity index (χ3v) is 7.59. The maximum absolute atomic E-state index is 13.2. The van der Waals surface area contributed by atoms with Crippen LogP contribution in [-0.2, 0) is 17.5 Å². The van der Waals surface area contributed by atoms with Gasteiger partial charge in [-0.05, 0) is 87.5 Å². The lowest BCUT2D eigenvalue weighted by atomic mass is 9.87. The first kappa shape index (κ1) is 25.4. The van der Waals surface area contributed by atoms with Crippen molar-refractivity contribution in [3.8, 4) is 0 Å². The molecule has 1 saturated heterocycles. The van der Waals surface area contributed by atoms with Gasteiger partial charge in [-0.15, -0.1) is 0 Å². The van der Waals surface area contributed by atoms with Gasteiger partial charge >= 0.3 is 6.18 Å². The van der Waals surface area contributed by atoms with E-state index in [1.54, 1.807) is 0 Å². The van der Waals surface area contributed by atoms with Crippen molar-refractivity contribution in [2.45, 2.75) is 63.7 Å². The standard InChI is InChI=1S/C28H31F3N4O2/c29-28(30,31)22-6-4-5-21(16-22)26(37)33-27-32-24-12-9-20(17-34-13-2-1-3-14-34)15-25(24)35(27)23-10-7-19(18-36)8-11-23/h4-6,9,12,15-16,18-19,23H,1-3,7-8,10-11,13-14,17H2,(H,32,33,37). The third kappa shape index (κ3) is 5.71. The van der Waals surface area contributed by atoms with Crippen LogP contribution in [0.3, 0.4) is 0 Å². The second-order valence-electron chi connectivity index (χ2n) is 10.2. The molecular weight excluding hydrogens is 481 g/mol. The van der Waals surface area contributed by atoms with E-state index in [9.17, 15) is 22.8 Å². The second kappa shape index (κ2) is 10.7. The quantitative estimate of drug-likeness (QED) is 0.398. The molecule has 9 heteroatoms. The highest BCUT2D eigenvalue weighted by Crippen LogP contribution is 2.37. The highest BCUT2D eigenvalue weighted by molar-refractivity contribution is 6.04. The highest BCUT2D eigenvalue weighted by Gasteiger charge is 2.31. The van der Waals surface area contributed by atoms with Gasteiger partial charge in [0.1, 0.15) is 6.29 Å². The van der Waals surface area contributed by atoms with Gasteiger partial charge < -0.3 is 9.36 Å². The Bertz CT molecular complexity index is 1270. The summed E-state index contributed by atoms with van der Waals surface area (Å²) in [4.78, 5) is 31.5. The molecule has 37 heavy (non-hydrogen) atoms. The number of anilines is 1. The lowest BCUT2D eigenvalue weighted by Gasteiger charge is -2.29. The van der Waals surface area contributed by atoms with Crippen LogP contribution in [0.4, 0.5) is 19.1 Å². The molecule has 1 saturated carbocycles. The van der Waals surface area contributed by atoms with E-state index >= 15 is 0 Å². The van der Waals surface area contributed by atoms with Crippen LogP contribution in [0.2, 0.25) is 0 Å². The van der Waals surface area contributed by atoms with Crippen molar-refractivity contribution in [2.24, 2.45) is 5.92 Å². The summed E-state index contributed by atoms with van der Waals surface area (Å²) in [7, 11) is 0. The summed E-state index contributed by atoms with van der Waals surface area (Å²) in [6.45, 7) is 2.99. The van der Waals surface area contributed by atoms with E-state index in [-0.39, 0.29) is 17.5 Å². The summed E-state index contributed by atoms with van der Waals surface area (Å²) in [5.74, 6) is -0.288. The van der Waals surface area contributed by atoms with Crippen LogP contribution in [0.5, 0.6) is 0 Å². The molecule has 2 fully saturated rings. The summed E-state index contributed by atoms with van der Waals surface area (Å²) < 4.78 is 41.6. The fourth-order valence-electron chi connectivity index (χ4n) is 5.58. The lowest BCUT2D eigenvalue weighted by Crippen LogP contribution is -2.29. The molecule has 0 bridgehead atoms. The number of fused-ring (bicyclic) bond motifs is 1. The summed E-state index contributed by atoms with van der Waals surface area (Å²) in [6, 6.07) is 10.5. The topological polar surface area (TPSA) is 67.2 Å². The lowest BCUT2D eigenvalue weighted by molar-refractivity contribution is -0.137. The Morgan fingerprint density at radius 3 is 2.49 bits per heavy atom. The fraction of sp³-hybridized carbons (Fsp3) is 0.464. The zero-order valence-corrected chi connectivity index (χ0v) is 20.6. The van der Waals surface area contributed by atoms with Crippen LogP contribution in [0.15, 0.2) is 42.5 Å². The van der Waals surface area contributed by atoms with Crippen LogP contribution >= 0.6 is 0 Å². The number of aromatic nitrogens is 2. The van der Waals surface area contributed by atoms with E-state index in [0.717, 1.165) is 80.3 Å². The predicted octanol–water partition coefficient (Wildman–Crippen LogP) is 6.22. The van der Waals surface area contributed by atoms with Gasteiger partial charge in [-0.25, -0.2) is 4.98 Å². The molecule has 3 aromatic rings. The van der Waals surface area contributed by atoms with Crippen molar-refractivity contribution < 1.29 is 22.8 Å². The van der Waals surface area contributed by atoms with Crippen molar-refractivity contribution >= 4 is 29.2 Å². The van der Waals surface area contributed by atoms with Gasteiger partial charge in [0.15, 0.2) is 0 Å². The number of imidazole rings is 1. The number of likely N-dealkylation sites (tertiary alicyclic amines) is 1.